The van der Waals surface area contributed by atoms with Crippen molar-refractivity contribution >= 4 is 15.9 Å². The Hall–Kier alpha value is -2.38. The minimum atomic E-state index is -3.63. The van der Waals surface area contributed by atoms with Crippen molar-refractivity contribution in [1.29, 1.82) is 0 Å². The predicted octanol–water partition coefficient (Wildman–Crippen LogP) is 5.23. The van der Waals surface area contributed by atoms with Gasteiger partial charge in [0, 0.05) is 30.6 Å². The van der Waals surface area contributed by atoms with Gasteiger partial charge >= 0.3 is 0 Å². The van der Waals surface area contributed by atoms with Crippen molar-refractivity contribution in [3.8, 4) is 5.75 Å². The molecule has 4 rings (SSSR count). The molecule has 2 heterocycles. The van der Waals surface area contributed by atoms with Crippen LogP contribution in [0.1, 0.15) is 80.4 Å². The Balaban J connectivity index is 1.61. The number of para-hydroxylation sites is 1. The van der Waals surface area contributed by atoms with E-state index in [2.05, 4.69) is 26.1 Å². The monoisotopic (exact) mass is 484 g/mol. The summed E-state index contributed by atoms with van der Waals surface area (Å²) in [5.41, 5.74) is 1.77. The van der Waals surface area contributed by atoms with Gasteiger partial charge in [-0.3, -0.25) is 4.79 Å². The molecule has 184 valence electrons. The van der Waals surface area contributed by atoms with Crippen LogP contribution in [0.3, 0.4) is 0 Å². The van der Waals surface area contributed by atoms with E-state index in [0.29, 0.717) is 31.0 Å². The van der Waals surface area contributed by atoms with Gasteiger partial charge in [0.2, 0.25) is 10.0 Å². The van der Waals surface area contributed by atoms with Gasteiger partial charge in [0.25, 0.3) is 5.91 Å². The molecule has 0 aliphatic carbocycles. The number of hydrogen-bond donors (Lipinski definition) is 1. The van der Waals surface area contributed by atoms with E-state index in [1.165, 1.54) is 6.07 Å². The second-order valence-corrected chi connectivity index (χ2v) is 11.8. The van der Waals surface area contributed by atoms with Gasteiger partial charge in [-0.2, -0.15) is 4.31 Å². The molecule has 0 saturated carbocycles. The van der Waals surface area contributed by atoms with E-state index in [-0.39, 0.29) is 22.4 Å². The first kappa shape index (κ1) is 24.7. The van der Waals surface area contributed by atoms with Crippen LogP contribution in [-0.4, -0.2) is 37.3 Å². The van der Waals surface area contributed by atoms with Crippen LogP contribution in [0.5, 0.6) is 5.75 Å². The number of aryl methyl sites for hydroxylation is 1. The van der Waals surface area contributed by atoms with Crippen LogP contribution >= 0.6 is 0 Å². The lowest BCUT2D eigenvalue weighted by atomic mass is 9.83. The van der Waals surface area contributed by atoms with E-state index in [9.17, 15) is 13.2 Å². The minimum absolute atomic E-state index is 0.182. The molecule has 2 aliphatic rings. The van der Waals surface area contributed by atoms with Crippen LogP contribution in [-0.2, 0) is 10.0 Å². The largest absolute Gasteiger partial charge is 0.487 e. The fourth-order valence-electron chi connectivity index (χ4n) is 5.05. The Kier molecular flexibility index (Phi) is 7.06. The average Bonchev–Trinajstić information content (AvgIpc) is 2.84. The van der Waals surface area contributed by atoms with Crippen molar-refractivity contribution in [2.24, 2.45) is 5.92 Å². The minimum Gasteiger partial charge on any atom is -0.487 e. The van der Waals surface area contributed by atoms with Crippen LogP contribution in [0.4, 0.5) is 0 Å². The number of ether oxygens (including phenoxy) is 1. The molecule has 1 N–H and O–H groups in total. The molecule has 34 heavy (non-hydrogen) atoms. The number of nitrogens with zero attached hydrogens (tertiary/aromatic N) is 1. The molecule has 0 aromatic heterocycles. The molecule has 6 nitrogen and oxygen atoms in total. The Morgan fingerprint density at radius 3 is 2.47 bits per heavy atom. The quantitative estimate of drug-likeness (QED) is 0.609. The molecule has 1 saturated heterocycles. The van der Waals surface area contributed by atoms with Gasteiger partial charge in [-0.05, 0) is 62.3 Å². The molecule has 2 aromatic rings. The fourth-order valence-corrected chi connectivity index (χ4v) is 6.54. The second-order valence-electron chi connectivity index (χ2n) is 9.82. The van der Waals surface area contributed by atoms with E-state index < -0.39 is 10.0 Å². The van der Waals surface area contributed by atoms with E-state index >= 15 is 0 Å². The summed E-state index contributed by atoms with van der Waals surface area (Å²) in [7, 11) is -3.63. The van der Waals surface area contributed by atoms with Gasteiger partial charge in [0.05, 0.1) is 10.9 Å². The predicted molar refractivity (Wildman–Crippen MR) is 134 cm³/mol. The lowest BCUT2D eigenvalue weighted by Crippen LogP contribution is -2.44. The van der Waals surface area contributed by atoms with E-state index in [4.69, 9.17) is 4.74 Å². The highest BCUT2D eigenvalue weighted by Crippen LogP contribution is 2.42. The Labute approximate surface area is 203 Å². The van der Waals surface area contributed by atoms with Crippen molar-refractivity contribution in [1.82, 2.24) is 9.62 Å². The number of benzene rings is 2. The van der Waals surface area contributed by atoms with E-state index in [1.54, 1.807) is 16.4 Å². The molecule has 7 heteroatoms. The van der Waals surface area contributed by atoms with Crippen LogP contribution < -0.4 is 10.1 Å². The second kappa shape index (κ2) is 9.70. The Morgan fingerprint density at radius 1 is 1.12 bits per heavy atom. The third kappa shape index (κ3) is 4.73. The number of carbonyl (C=O) groups excluding carboxylic acids is 1. The van der Waals surface area contributed by atoms with Crippen LogP contribution in [0, 0.1) is 12.8 Å². The number of sulfonamides is 1. The smallest absolute Gasteiger partial charge is 0.252 e. The first-order valence-corrected chi connectivity index (χ1v) is 13.8. The highest BCUT2D eigenvalue weighted by molar-refractivity contribution is 7.89. The molecule has 0 spiro atoms. The zero-order valence-corrected chi connectivity index (χ0v) is 21.5. The van der Waals surface area contributed by atoms with Gasteiger partial charge in [-0.1, -0.05) is 45.0 Å². The van der Waals surface area contributed by atoms with Crippen molar-refractivity contribution in [2.45, 2.75) is 76.3 Å². The molecule has 0 bridgehead atoms. The summed E-state index contributed by atoms with van der Waals surface area (Å²) in [5.74, 6) is 1.08. The molecule has 1 amide bonds. The van der Waals surface area contributed by atoms with Crippen LogP contribution in [0.15, 0.2) is 47.4 Å². The number of carbonyl (C=O) groups is 1. The maximum absolute atomic E-state index is 13.5. The molecule has 1 atom stereocenters. The van der Waals surface area contributed by atoms with Gasteiger partial charge in [0.1, 0.15) is 11.4 Å². The first-order chi connectivity index (χ1) is 16.2. The SMILES string of the molecule is CCC1(CC)C[C@H](NC(=O)c2cc(S(=O)(=O)N3CCC(C)CC3)ccc2C)c2ccccc2O1. The van der Waals surface area contributed by atoms with Crippen LogP contribution in [0.25, 0.3) is 0 Å². The molecular formula is C27H36N2O4S. The van der Waals surface area contributed by atoms with Gasteiger partial charge < -0.3 is 10.1 Å². The van der Waals surface area contributed by atoms with Gasteiger partial charge in [-0.15, -0.1) is 0 Å². The number of fused-ring (bicyclic) bond motifs is 1. The molecule has 0 unspecified atom stereocenters. The molecule has 0 radical (unpaired) electrons. The average molecular weight is 485 g/mol. The maximum atomic E-state index is 13.5. The lowest BCUT2D eigenvalue weighted by Gasteiger charge is -2.41. The first-order valence-electron chi connectivity index (χ1n) is 12.4. The topological polar surface area (TPSA) is 75.7 Å². The normalized spacial score (nSPS) is 20.9. The van der Waals surface area contributed by atoms with E-state index in [1.807, 2.05) is 31.2 Å². The summed E-state index contributed by atoms with van der Waals surface area (Å²) in [6, 6.07) is 12.5. The van der Waals surface area contributed by atoms with E-state index in [0.717, 1.165) is 42.6 Å². The summed E-state index contributed by atoms with van der Waals surface area (Å²) in [4.78, 5) is 13.7. The molecular weight excluding hydrogens is 448 g/mol. The number of rotatable bonds is 6. The molecule has 2 aliphatic heterocycles. The summed E-state index contributed by atoms with van der Waals surface area (Å²) >= 11 is 0. The summed E-state index contributed by atoms with van der Waals surface area (Å²) < 4.78 is 34.5. The number of amides is 1. The third-order valence-electron chi connectivity index (χ3n) is 7.63. The summed E-state index contributed by atoms with van der Waals surface area (Å²) in [6.45, 7) is 9.25. The number of hydrogen-bond acceptors (Lipinski definition) is 4. The molecule has 1 fully saturated rings. The molecule has 2 aromatic carbocycles. The van der Waals surface area contributed by atoms with Crippen LogP contribution in [0.2, 0.25) is 0 Å². The van der Waals surface area contributed by atoms with Gasteiger partial charge in [-0.25, -0.2) is 8.42 Å². The Morgan fingerprint density at radius 2 is 1.79 bits per heavy atom. The van der Waals surface area contributed by atoms with Gasteiger partial charge in [0.15, 0.2) is 0 Å². The van der Waals surface area contributed by atoms with Crippen molar-refractivity contribution < 1.29 is 17.9 Å². The standard InChI is InChI=1S/C27H36N2O4S/c1-5-27(6-2)18-24(22-9-7-8-10-25(22)33-27)28-26(30)23-17-21(12-11-20(23)4)34(31,32)29-15-13-19(3)14-16-29/h7-12,17,19,24H,5-6,13-16,18H2,1-4H3,(H,28,30)/t24-/m0/s1. The third-order valence-corrected chi connectivity index (χ3v) is 9.52. The maximum Gasteiger partial charge on any atom is 0.252 e. The number of piperidine rings is 1. The van der Waals surface area contributed by atoms with Crippen molar-refractivity contribution in [2.75, 3.05) is 13.1 Å². The zero-order valence-electron chi connectivity index (χ0n) is 20.6. The van der Waals surface area contributed by atoms with Crippen molar-refractivity contribution in [3.05, 3.63) is 59.2 Å². The highest BCUT2D eigenvalue weighted by atomic mass is 32.2. The number of nitrogens with one attached hydrogen (secondary N) is 1. The van der Waals surface area contributed by atoms with Crippen molar-refractivity contribution in [3.63, 3.8) is 0 Å². The summed E-state index contributed by atoms with van der Waals surface area (Å²) in [6.07, 6.45) is 4.07. The Bertz CT molecular complexity index is 1150. The summed E-state index contributed by atoms with van der Waals surface area (Å²) in [5, 5.41) is 3.19. The fraction of sp³-hybridized carbons (Fsp3) is 0.519. The lowest BCUT2D eigenvalue weighted by molar-refractivity contribution is 0.0227. The zero-order chi connectivity index (χ0) is 24.5. The highest BCUT2D eigenvalue weighted by Gasteiger charge is 2.39.